The van der Waals surface area contributed by atoms with Gasteiger partial charge in [-0.2, -0.15) is 0 Å². The van der Waals surface area contributed by atoms with Gasteiger partial charge in [0, 0.05) is 23.7 Å². The Morgan fingerprint density at radius 2 is 2.24 bits per heavy atom. The number of H-pyrrole nitrogens is 1. The molecule has 3 heteroatoms. The highest BCUT2D eigenvalue weighted by Crippen LogP contribution is 2.26. The Balaban J connectivity index is 2.33. The Bertz CT molecular complexity index is 540. The van der Waals surface area contributed by atoms with Crippen LogP contribution in [0.1, 0.15) is 30.9 Å². The normalized spacial score (nSPS) is 11.6. The molecule has 0 aliphatic rings. The second-order valence-electron chi connectivity index (χ2n) is 4.33. The minimum Gasteiger partial charge on any atom is -0.494 e. The number of nitrogens with one attached hydrogen (secondary N) is 1. The summed E-state index contributed by atoms with van der Waals surface area (Å²) in [5.41, 5.74) is 2.92. The van der Waals surface area contributed by atoms with E-state index in [9.17, 15) is 5.11 Å². The van der Waals surface area contributed by atoms with Gasteiger partial charge in [0.2, 0.25) is 0 Å². The number of aryl methyl sites for hydroxylation is 1. The lowest BCUT2D eigenvalue weighted by molar-refractivity contribution is 0.457. The van der Waals surface area contributed by atoms with E-state index in [2.05, 4.69) is 16.9 Å². The van der Waals surface area contributed by atoms with Crippen LogP contribution in [-0.4, -0.2) is 22.8 Å². The third-order valence-electron chi connectivity index (χ3n) is 2.83. The zero-order valence-electron chi connectivity index (χ0n) is 10.3. The molecule has 2 rings (SSSR count). The molecule has 2 N–H and O–H groups in total. The van der Waals surface area contributed by atoms with Gasteiger partial charge in [-0.25, -0.2) is 0 Å². The van der Waals surface area contributed by atoms with E-state index in [-0.39, 0.29) is 5.88 Å². The number of aromatic hydroxyl groups is 1. The third kappa shape index (κ3) is 2.49. The number of nitrogens with zero attached hydrogens (tertiary/aromatic N) is 1. The molecule has 0 bridgehead atoms. The molecule has 1 aromatic carbocycles. The van der Waals surface area contributed by atoms with E-state index < -0.39 is 0 Å². The van der Waals surface area contributed by atoms with E-state index in [0.29, 0.717) is 0 Å². The fourth-order valence-electron chi connectivity index (χ4n) is 1.85. The van der Waals surface area contributed by atoms with Gasteiger partial charge < -0.3 is 10.1 Å². The first-order valence-corrected chi connectivity index (χ1v) is 6.03. The average molecular weight is 230 g/mol. The van der Waals surface area contributed by atoms with E-state index >= 15 is 0 Å². The van der Waals surface area contributed by atoms with E-state index in [0.717, 1.165) is 35.9 Å². The van der Waals surface area contributed by atoms with Crippen molar-refractivity contribution >= 4 is 17.1 Å². The van der Waals surface area contributed by atoms with E-state index in [1.54, 1.807) is 6.21 Å². The van der Waals surface area contributed by atoms with Gasteiger partial charge in [0.25, 0.3) is 0 Å². The molecule has 0 fully saturated rings. The van der Waals surface area contributed by atoms with Crippen LogP contribution in [0.15, 0.2) is 23.2 Å². The number of aromatic amines is 1. The van der Waals surface area contributed by atoms with Crippen LogP contribution in [0.5, 0.6) is 5.88 Å². The van der Waals surface area contributed by atoms with Gasteiger partial charge in [-0.1, -0.05) is 25.5 Å². The molecule has 0 spiro atoms. The number of hydrogen-bond donors (Lipinski definition) is 2. The maximum Gasteiger partial charge on any atom is 0.198 e. The van der Waals surface area contributed by atoms with Crippen molar-refractivity contribution in [2.24, 2.45) is 4.99 Å². The first kappa shape index (κ1) is 11.7. The number of unbranched alkanes of at least 4 members (excludes halogenated alkanes) is 1. The molecule has 2 aromatic rings. The van der Waals surface area contributed by atoms with E-state index in [4.69, 9.17) is 0 Å². The van der Waals surface area contributed by atoms with Crippen LogP contribution >= 0.6 is 0 Å². The molecule has 90 valence electrons. The molecular weight excluding hydrogens is 212 g/mol. The van der Waals surface area contributed by atoms with Crippen LogP contribution in [0.3, 0.4) is 0 Å². The number of fused-ring (bicyclic) bond motifs is 1. The summed E-state index contributed by atoms with van der Waals surface area (Å²) in [5, 5.41) is 10.9. The van der Waals surface area contributed by atoms with Gasteiger partial charge in [-0.05, 0) is 25.0 Å². The molecule has 0 aliphatic heterocycles. The molecule has 0 amide bonds. The molecular formula is C14H18N2O. The Labute approximate surface area is 101 Å². The topological polar surface area (TPSA) is 48.4 Å². The standard InChI is InChI=1S/C14H18N2O/c1-3-4-7-15-9-12-11-6-5-10(2)8-13(11)16-14(12)17/h5-6,8-9,16-17H,3-4,7H2,1-2H3. The zero-order chi connectivity index (χ0) is 12.3. The van der Waals surface area contributed by atoms with Gasteiger partial charge in [0.1, 0.15) is 0 Å². The van der Waals surface area contributed by atoms with Crippen LogP contribution < -0.4 is 0 Å². The highest BCUT2D eigenvalue weighted by Gasteiger charge is 2.08. The Morgan fingerprint density at radius 1 is 1.41 bits per heavy atom. The summed E-state index contributed by atoms with van der Waals surface area (Å²) in [6.07, 6.45) is 3.98. The molecule has 0 radical (unpaired) electrons. The Morgan fingerprint density at radius 3 is 3.00 bits per heavy atom. The summed E-state index contributed by atoms with van der Waals surface area (Å²) in [6, 6.07) is 6.08. The van der Waals surface area contributed by atoms with Crippen molar-refractivity contribution < 1.29 is 5.11 Å². The summed E-state index contributed by atoms with van der Waals surface area (Å²) in [4.78, 5) is 7.31. The van der Waals surface area contributed by atoms with E-state index in [1.807, 2.05) is 25.1 Å². The third-order valence-corrected chi connectivity index (χ3v) is 2.83. The van der Waals surface area contributed by atoms with Gasteiger partial charge >= 0.3 is 0 Å². The van der Waals surface area contributed by atoms with Crippen molar-refractivity contribution in [3.63, 3.8) is 0 Å². The highest BCUT2D eigenvalue weighted by molar-refractivity contribution is 6.02. The number of rotatable bonds is 4. The van der Waals surface area contributed by atoms with Gasteiger partial charge in [-0.3, -0.25) is 4.99 Å². The molecule has 0 unspecified atom stereocenters. The van der Waals surface area contributed by atoms with Crippen molar-refractivity contribution in [2.45, 2.75) is 26.7 Å². The van der Waals surface area contributed by atoms with Crippen molar-refractivity contribution in [3.05, 3.63) is 29.3 Å². The smallest absolute Gasteiger partial charge is 0.198 e. The van der Waals surface area contributed by atoms with Gasteiger partial charge in [0.15, 0.2) is 5.88 Å². The SMILES string of the molecule is CCCCN=Cc1c(O)[nH]c2cc(C)ccc12. The molecule has 0 saturated heterocycles. The quantitative estimate of drug-likeness (QED) is 0.613. The number of hydrogen-bond acceptors (Lipinski definition) is 2. The fourth-order valence-corrected chi connectivity index (χ4v) is 1.85. The fraction of sp³-hybridized carbons (Fsp3) is 0.357. The summed E-state index contributed by atoms with van der Waals surface area (Å²) < 4.78 is 0. The molecule has 0 atom stereocenters. The monoisotopic (exact) mass is 230 g/mol. The minimum atomic E-state index is 0.200. The number of aromatic nitrogens is 1. The first-order chi connectivity index (χ1) is 8.22. The molecule has 0 aliphatic carbocycles. The van der Waals surface area contributed by atoms with Crippen LogP contribution in [0.2, 0.25) is 0 Å². The largest absolute Gasteiger partial charge is 0.494 e. The maximum atomic E-state index is 9.84. The molecule has 1 heterocycles. The first-order valence-electron chi connectivity index (χ1n) is 6.03. The predicted octanol–water partition coefficient (Wildman–Crippen LogP) is 3.40. The summed E-state index contributed by atoms with van der Waals surface area (Å²) in [7, 11) is 0. The van der Waals surface area contributed by atoms with Crippen LogP contribution in [0.4, 0.5) is 0 Å². The minimum absolute atomic E-state index is 0.200. The molecule has 17 heavy (non-hydrogen) atoms. The predicted molar refractivity (Wildman–Crippen MR) is 72.1 cm³/mol. The van der Waals surface area contributed by atoms with E-state index in [1.165, 1.54) is 5.56 Å². The lowest BCUT2D eigenvalue weighted by atomic mass is 10.1. The van der Waals surface area contributed by atoms with Gasteiger partial charge in [-0.15, -0.1) is 0 Å². The van der Waals surface area contributed by atoms with Crippen molar-refractivity contribution in [1.29, 1.82) is 0 Å². The van der Waals surface area contributed by atoms with Gasteiger partial charge in [0.05, 0.1) is 5.56 Å². The Kier molecular flexibility index (Phi) is 3.47. The number of benzene rings is 1. The molecule has 1 aromatic heterocycles. The van der Waals surface area contributed by atoms with Crippen LogP contribution in [0.25, 0.3) is 10.9 Å². The lowest BCUT2D eigenvalue weighted by Gasteiger charge is -1.94. The van der Waals surface area contributed by atoms with Crippen molar-refractivity contribution in [1.82, 2.24) is 4.98 Å². The summed E-state index contributed by atoms with van der Waals surface area (Å²) >= 11 is 0. The lowest BCUT2D eigenvalue weighted by Crippen LogP contribution is -1.83. The Hall–Kier alpha value is -1.77. The van der Waals surface area contributed by atoms with Crippen molar-refractivity contribution in [3.8, 4) is 5.88 Å². The molecule has 3 nitrogen and oxygen atoms in total. The van der Waals surface area contributed by atoms with Crippen molar-refractivity contribution in [2.75, 3.05) is 6.54 Å². The second-order valence-corrected chi connectivity index (χ2v) is 4.33. The van der Waals surface area contributed by atoms with Crippen LogP contribution in [0, 0.1) is 6.92 Å². The maximum absolute atomic E-state index is 9.84. The average Bonchev–Trinajstić information content (AvgIpc) is 2.60. The molecule has 0 saturated carbocycles. The highest BCUT2D eigenvalue weighted by atomic mass is 16.3. The summed E-state index contributed by atoms with van der Waals surface area (Å²) in [5.74, 6) is 0.200. The number of aliphatic imine (C=N–C) groups is 1. The van der Waals surface area contributed by atoms with Crippen LogP contribution in [-0.2, 0) is 0 Å². The summed E-state index contributed by atoms with van der Waals surface area (Å²) in [6.45, 7) is 4.99. The second kappa shape index (κ2) is 5.04. The zero-order valence-corrected chi connectivity index (χ0v) is 10.3.